The van der Waals surface area contributed by atoms with Gasteiger partial charge in [-0.2, -0.15) is 4.98 Å². The lowest BCUT2D eigenvalue weighted by atomic mass is 10.2. The van der Waals surface area contributed by atoms with Gasteiger partial charge in [-0.25, -0.2) is 4.98 Å². The van der Waals surface area contributed by atoms with E-state index in [0.29, 0.717) is 38.0 Å². The van der Waals surface area contributed by atoms with Crippen molar-refractivity contribution >= 4 is 55.0 Å². The highest BCUT2D eigenvalue weighted by Gasteiger charge is 2.21. The van der Waals surface area contributed by atoms with Gasteiger partial charge < -0.3 is 20.1 Å². The molecule has 2 N–H and O–H groups in total. The summed E-state index contributed by atoms with van der Waals surface area (Å²) in [6, 6.07) is 5.55. The average Bonchev–Trinajstić information content (AvgIpc) is 3.04. The van der Waals surface area contributed by atoms with Crippen molar-refractivity contribution < 1.29 is 19.1 Å². The van der Waals surface area contributed by atoms with Gasteiger partial charge in [-0.15, -0.1) is 11.3 Å². The number of methoxy groups -OCH3 is 2. The summed E-state index contributed by atoms with van der Waals surface area (Å²) in [5.74, 6) is 0.198. The molecule has 0 spiro atoms. The molecule has 2 aromatic heterocycles. The summed E-state index contributed by atoms with van der Waals surface area (Å²) < 4.78 is 11.4. The number of amides is 2. The first-order chi connectivity index (χ1) is 14.3. The highest BCUT2D eigenvalue weighted by molar-refractivity contribution is 9.10. The van der Waals surface area contributed by atoms with Gasteiger partial charge in [-0.05, 0) is 43.2 Å². The lowest BCUT2D eigenvalue weighted by Crippen LogP contribution is -2.32. The summed E-state index contributed by atoms with van der Waals surface area (Å²) in [4.78, 5) is 34.8. The lowest BCUT2D eigenvalue weighted by molar-refractivity contribution is -0.115. The SMILES string of the molecule is COCc1nc(OC)c2c(C)c(C(=O)NCC(=O)Nc3ccc(Br)cc3C)sc2n1. The lowest BCUT2D eigenvalue weighted by Gasteiger charge is -2.09. The largest absolute Gasteiger partial charge is 0.480 e. The minimum atomic E-state index is -0.353. The summed E-state index contributed by atoms with van der Waals surface area (Å²) in [7, 11) is 3.07. The second-order valence-corrected chi connectivity index (χ2v) is 8.42. The zero-order chi connectivity index (χ0) is 21.8. The Hall–Kier alpha value is -2.56. The highest BCUT2D eigenvalue weighted by Crippen LogP contribution is 2.35. The van der Waals surface area contributed by atoms with Crippen LogP contribution in [0.25, 0.3) is 10.2 Å². The first kappa shape index (κ1) is 22.1. The number of hydrogen-bond acceptors (Lipinski definition) is 7. The van der Waals surface area contributed by atoms with E-state index in [1.165, 1.54) is 18.4 Å². The third kappa shape index (κ3) is 4.77. The monoisotopic (exact) mass is 492 g/mol. The fourth-order valence-electron chi connectivity index (χ4n) is 2.90. The zero-order valence-corrected chi connectivity index (χ0v) is 19.4. The Bertz CT molecular complexity index is 1120. The molecule has 0 radical (unpaired) electrons. The molecule has 3 aromatic rings. The average molecular weight is 493 g/mol. The van der Waals surface area contributed by atoms with E-state index in [1.54, 1.807) is 20.1 Å². The molecule has 0 aliphatic heterocycles. The first-order valence-electron chi connectivity index (χ1n) is 9.01. The quantitative estimate of drug-likeness (QED) is 0.522. The van der Waals surface area contributed by atoms with Crippen LogP contribution in [0, 0.1) is 13.8 Å². The van der Waals surface area contributed by atoms with Crippen molar-refractivity contribution in [1.29, 1.82) is 0 Å². The number of benzene rings is 1. The maximum absolute atomic E-state index is 12.7. The van der Waals surface area contributed by atoms with Crippen LogP contribution in [0.3, 0.4) is 0 Å². The number of thiophene rings is 1. The van der Waals surface area contributed by atoms with Gasteiger partial charge in [0.1, 0.15) is 11.4 Å². The van der Waals surface area contributed by atoms with Gasteiger partial charge in [-0.3, -0.25) is 9.59 Å². The molecule has 2 amide bonds. The Morgan fingerprint density at radius 1 is 1.20 bits per heavy atom. The number of nitrogens with one attached hydrogen (secondary N) is 2. The molecule has 0 saturated heterocycles. The molecular formula is C20H21BrN4O4S. The summed E-state index contributed by atoms with van der Waals surface area (Å²) in [6.07, 6.45) is 0. The molecule has 0 fully saturated rings. The van der Waals surface area contributed by atoms with Crippen LogP contribution in [0.15, 0.2) is 22.7 Å². The van der Waals surface area contributed by atoms with Gasteiger partial charge in [0.25, 0.3) is 5.91 Å². The van der Waals surface area contributed by atoms with Gasteiger partial charge in [0, 0.05) is 17.3 Å². The molecule has 0 atom stereocenters. The van der Waals surface area contributed by atoms with Crippen molar-refractivity contribution in [3.8, 4) is 5.88 Å². The van der Waals surface area contributed by atoms with Crippen LogP contribution in [0.1, 0.15) is 26.6 Å². The van der Waals surface area contributed by atoms with E-state index in [2.05, 4.69) is 36.5 Å². The minimum Gasteiger partial charge on any atom is -0.480 e. The number of fused-ring (bicyclic) bond motifs is 1. The summed E-state index contributed by atoms with van der Waals surface area (Å²) in [5, 5.41) is 6.15. The molecule has 0 bridgehead atoms. The van der Waals surface area contributed by atoms with Crippen molar-refractivity contribution in [3.63, 3.8) is 0 Å². The number of aryl methyl sites for hydroxylation is 2. The Kier molecular flexibility index (Phi) is 7.01. The molecule has 10 heteroatoms. The van der Waals surface area contributed by atoms with Crippen molar-refractivity contribution in [1.82, 2.24) is 15.3 Å². The van der Waals surface area contributed by atoms with Gasteiger partial charge in [0.2, 0.25) is 11.8 Å². The van der Waals surface area contributed by atoms with E-state index in [4.69, 9.17) is 9.47 Å². The van der Waals surface area contributed by atoms with E-state index in [0.717, 1.165) is 10.0 Å². The molecule has 30 heavy (non-hydrogen) atoms. The van der Waals surface area contributed by atoms with Crippen molar-refractivity contribution in [2.24, 2.45) is 0 Å². The molecule has 0 unspecified atom stereocenters. The number of halogens is 1. The van der Waals surface area contributed by atoms with Crippen molar-refractivity contribution in [3.05, 3.63) is 44.5 Å². The Morgan fingerprint density at radius 3 is 2.63 bits per heavy atom. The number of anilines is 1. The van der Waals surface area contributed by atoms with Crippen LogP contribution in [0.5, 0.6) is 5.88 Å². The molecule has 2 heterocycles. The maximum atomic E-state index is 12.7. The Morgan fingerprint density at radius 2 is 1.97 bits per heavy atom. The van der Waals surface area contributed by atoms with Crippen LogP contribution in [0.2, 0.25) is 0 Å². The zero-order valence-electron chi connectivity index (χ0n) is 17.0. The van der Waals surface area contributed by atoms with E-state index in [-0.39, 0.29) is 25.0 Å². The fourth-order valence-corrected chi connectivity index (χ4v) is 4.49. The first-order valence-corrected chi connectivity index (χ1v) is 10.6. The molecule has 8 nitrogen and oxygen atoms in total. The molecule has 0 aliphatic carbocycles. The Balaban J connectivity index is 1.74. The molecule has 0 aliphatic rings. The van der Waals surface area contributed by atoms with Gasteiger partial charge >= 0.3 is 0 Å². The molecular weight excluding hydrogens is 472 g/mol. The second-order valence-electron chi connectivity index (χ2n) is 6.51. The molecule has 158 valence electrons. The van der Waals surface area contributed by atoms with Gasteiger partial charge in [-0.1, -0.05) is 15.9 Å². The van der Waals surface area contributed by atoms with Crippen LogP contribution < -0.4 is 15.4 Å². The third-order valence-electron chi connectivity index (χ3n) is 4.35. The predicted molar refractivity (Wildman–Crippen MR) is 119 cm³/mol. The summed E-state index contributed by atoms with van der Waals surface area (Å²) >= 11 is 4.61. The maximum Gasteiger partial charge on any atom is 0.262 e. The standard InChI is InChI=1S/C20H21BrN4O4S/c1-10-7-12(21)5-6-13(10)23-15(26)8-22-18(27)17-11(2)16-19(29-4)24-14(9-28-3)25-20(16)30-17/h5-7H,8-9H2,1-4H3,(H,22,27)(H,23,26). The number of ether oxygens (including phenoxy) is 2. The van der Waals surface area contributed by atoms with Crippen LogP contribution in [-0.2, 0) is 16.1 Å². The molecule has 0 saturated carbocycles. The van der Waals surface area contributed by atoms with Crippen molar-refractivity contribution in [2.45, 2.75) is 20.5 Å². The highest BCUT2D eigenvalue weighted by atomic mass is 79.9. The number of hydrogen-bond donors (Lipinski definition) is 2. The third-order valence-corrected chi connectivity index (χ3v) is 6.03. The van der Waals surface area contributed by atoms with Gasteiger partial charge in [0.15, 0.2) is 5.82 Å². The fraction of sp³-hybridized carbons (Fsp3) is 0.300. The Labute approximate surface area is 186 Å². The van der Waals surface area contributed by atoms with Crippen molar-refractivity contribution in [2.75, 3.05) is 26.1 Å². The second kappa shape index (κ2) is 9.50. The summed E-state index contributed by atoms with van der Waals surface area (Å²) in [6.45, 7) is 3.78. The molecule has 3 rings (SSSR count). The number of rotatable bonds is 7. The number of aromatic nitrogens is 2. The topological polar surface area (TPSA) is 102 Å². The summed E-state index contributed by atoms with van der Waals surface area (Å²) in [5.41, 5.74) is 2.32. The normalized spacial score (nSPS) is 10.8. The van der Waals surface area contributed by atoms with Crippen LogP contribution in [0.4, 0.5) is 5.69 Å². The van der Waals surface area contributed by atoms with E-state index < -0.39 is 0 Å². The van der Waals surface area contributed by atoms with E-state index >= 15 is 0 Å². The number of carbonyl (C=O) groups is 2. The number of carbonyl (C=O) groups excluding carboxylic acids is 2. The van der Waals surface area contributed by atoms with E-state index in [1.807, 2.05) is 19.1 Å². The van der Waals surface area contributed by atoms with Gasteiger partial charge in [0.05, 0.1) is 23.9 Å². The van der Waals surface area contributed by atoms with Crippen LogP contribution >= 0.6 is 27.3 Å². The van der Waals surface area contributed by atoms with E-state index in [9.17, 15) is 9.59 Å². The predicted octanol–water partition coefficient (Wildman–Crippen LogP) is 3.59. The minimum absolute atomic E-state index is 0.153. The number of nitrogens with zero attached hydrogens (tertiary/aromatic N) is 2. The smallest absolute Gasteiger partial charge is 0.262 e. The van der Waals surface area contributed by atoms with Crippen LogP contribution in [-0.4, -0.2) is 42.5 Å². The molecule has 1 aromatic carbocycles.